The van der Waals surface area contributed by atoms with Gasteiger partial charge in [0.15, 0.2) is 0 Å². The van der Waals surface area contributed by atoms with Crippen LogP contribution in [0.25, 0.3) is 0 Å². The Morgan fingerprint density at radius 2 is 1.89 bits per heavy atom. The van der Waals surface area contributed by atoms with Gasteiger partial charge in [0.05, 0.1) is 18.5 Å². The maximum absolute atomic E-state index is 11.7. The van der Waals surface area contributed by atoms with E-state index >= 15 is 0 Å². The fraction of sp³-hybridized carbons (Fsp3) is 0.333. The molecule has 0 aliphatic heterocycles. The molecule has 0 saturated carbocycles. The van der Waals surface area contributed by atoms with E-state index < -0.39 is 11.9 Å². The van der Waals surface area contributed by atoms with Crippen molar-refractivity contribution in [1.82, 2.24) is 5.32 Å². The first-order valence-corrected chi connectivity index (χ1v) is 6.29. The molecule has 6 heteroatoms. The van der Waals surface area contributed by atoms with Gasteiger partial charge in [0, 0.05) is 4.47 Å². The van der Waals surface area contributed by atoms with E-state index in [0.717, 1.165) is 10.0 Å². The molecule has 1 aromatic carbocycles. The number of hydrogen-bond acceptors (Lipinski definition) is 3. The van der Waals surface area contributed by atoms with Gasteiger partial charge in [-0.3, -0.25) is 9.59 Å². The Morgan fingerprint density at radius 1 is 1.33 bits per heavy atom. The highest BCUT2D eigenvalue weighted by atomic mass is 79.9. The maximum atomic E-state index is 11.7. The van der Waals surface area contributed by atoms with E-state index in [9.17, 15) is 9.59 Å². The molecule has 0 aliphatic carbocycles. The summed E-state index contributed by atoms with van der Waals surface area (Å²) in [5.74, 6) is -0.974. The van der Waals surface area contributed by atoms with Gasteiger partial charge < -0.3 is 16.8 Å². The Morgan fingerprint density at radius 3 is 2.39 bits per heavy atom. The highest BCUT2D eigenvalue weighted by Gasteiger charge is 2.18. The first-order valence-electron chi connectivity index (χ1n) is 5.50. The van der Waals surface area contributed by atoms with E-state index in [4.69, 9.17) is 11.5 Å². The second kappa shape index (κ2) is 6.51. The van der Waals surface area contributed by atoms with Crippen molar-refractivity contribution in [3.63, 3.8) is 0 Å². The summed E-state index contributed by atoms with van der Waals surface area (Å²) < 4.78 is 0.968. The van der Waals surface area contributed by atoms with Gasteiger partial charge >= 0.3 is 0 Å². The molecular weight excluding hydrogens is 298 g/mol. The summed E-state index contributed by atoms with van der Waals surface area (Å²) in [6, 6.07) is 6.50. The molecule has 1 rings (SSSR count). The summed E-state index contributed by atoms with van der Waals surface area (Å²) in [7, 11) is 0. The molecule has 0 saturated heterocycles. The van der Waals surface area contributed by atoms with E-state index in [2.05, 4.69) is 21.2 Å². The molecule has 0 heterocycles. The lowest BCUT2D eigenvalue weighted by Crippen LogP contribution is -2.43. The minimum atomic E-state index is -0.902. The summed E-state index contributed by atoms with van der Waals surface area (Å²) in [5.41, 5.74) is 11.5. The van der Waals surface area contributed by atoms with Gasteiger partial charge in [-0.25, -0.2) is 0 Å². The van der Waals surface area contributed by atoms with E-state index in [1.54, 1.807) is 0 Å². The predicted molar refractivity (Wildman–Crippen MR) is 72.5 cm³/mol. The van der Waals surface area contributed by atoms with Crippen molar-refractivity contribution < 1.29 is 9.59 Å². The van der Waals surface area contributed by atoms with E-state index in [1.165, 1.54) is 0 Å². The van der Waals surface area contributed by atoms with Crippen molar-refractivity contribution in [3.8, 4) is 0 Å². The number of amides is 2. The predicted octanol–water partition coefficient (Wildman–Crippen LogP) is 0.829. The number of rotatable bonds is 5. The van der Waals surface area contributed by atoms with Crippen LogP contribution in [0.1, 0.15) is 24.9 Å². The molecule has 0 aromatic heterocycles. The van der Waals surface area contributed by atoms with Crippen LogP contribution in [0, 0.1) is 0 Å². The van der Waals surface area contributed by atoms with Crippen LogP contribution >= 0.6 is 15.9 Å². The smallest absolute Gasteiger partial charge is 0.237 e. The number of nitrogens with two attached hydrogens (primary N) is 2. The highest BCUT2D eigenvalue weighted by molar-refractivity contribution is 9.10. The molecule has 0 spiro atoms. The molecule has 18 heavy (non-hydrogen) atoms. The molecule has 1 unspecified atom stereocenters. The van der Waals surface area contributed by atoms with E-state index in [1.807, 2.05) is 31.2 Å². The maximum Gasteiger partial charge on any atom is 0.237 e. The summed E-state index contributed by atoms with van der Waals surface area (Å²) in [4.78, 5) is 22.3. The lowest BCUT2D eigenvalue weighted by atomic mass is 10.1. The van der Waals surface area contributed by atoms with Crippen LogP contribution in [0.5, 0.6) is 0 Å². The largest absolute Gasteiger partial charge is 0.370 e. The second-order valence-electron chi connectivity index (χ2n) is 4.06. The van der Waals surface area contributed by atoms with Gasteiger partial charge in [0.1, 0.15) is 0 Å². The lowest BCUT2D eigenvalue weighted by molar-refractivity contribution is -0.126. The first-order chi connectivity index (χ1) is 8.40. The average Bonchev–Trinajstić information content (AvgIpc) is 2.28. The summed E-state index contributed by atoms with van der Waals surface area (Å²) in [6.45, 7) is 1.85. The van der Waals surface area contributed by atoms with Crippen molar-refractivity contribution in [2.45, 2.75) is 25.4 Å². The number of carbonyl (C=O) groups excluding carboxylic acids is 2. The Hall–Kier alpha value is -1.40. The van der Waals surface area contributed by atoms with E-state index in [0.29, 0.717) is 0 Å². The van der Waals surface area contributed by atoms with Crippen LogP contribution in [0.2, 0.25) is 0 Å². The third-order valence-corrected chi connectivity index (χ3v) is 3.02. The SMILES string of the molecule is C[C@@H](NC(=O)C(N)CC(N)=O)c1ccc(Br)cc1. The molecule has 0 fully saturated rings. The zero-order valence-corrected chi connectivity index (χ0v) is 11.6. The summed E-state index contributed by atoms with van der Waals surface area (Å²) >= 11 is 3.34. The molecule has 0 bridgehead atoms. The quantitative estimate of drug-likeness (QED) is 0.751. The van der Waals surface area contributed by atoms with Crippen molar-refractivity contribution in [3.05, 3.63) is 34.3 Å². The minimum Gasteiger partial charge on any atom is -0.370 e. The Bertz CT molecular complexity index is 433. The molecule has 98 valence electrons. The summed E-state index contributed by atoms with van der Waals surface area (Å²) in [5, 5.41) is 2.73. The third kappa shape index (κ3) is 4.46. The number of nitrogens with one attached hydrogen (secondary N) is 1. The van der Waals surface area contributed by atoms with Crippen LogP contribution in [-0.4, -0.2) is 17.9 Å². The van der Waals surface area contributed by atoms with Crippen LogP contribution in [0.3, 0.4) is 0 Å². The van der Waals surface area contributed by atoms with Crippen LogP contribution in [-0.2, 0) is 9.59 Å². The number of benzene rings is 1. The number of halogens is 1. The molecule has 0 radical (unpaired) electrons. The standard InChI is InChI=1S/C12H16BrN3O2/c1-7(8-2-4-9(13)5-3-8)16-12(18)10(14)6-11(15)17/h2-5,7,10H,6,14H2,1H3,(H2,15,17)(H,16,18)/t7-,10?/m1/s1. The third-order valence-electron chi connectivity index (χ3n) is 2.49. The highest BCUT2D eigenvalue weighted by Crippen LogP contribution is 2.16. The topological polar surface area (TPSA) is 98.2 Å². The Kier molecular flexibility index (Phi) is 5.30. The zero-order chi connectivity index (χ0) is 13.7. The summed E-state index contributed by atoms with van der Waals surface area (Å²) in [6.07, 6.45) is -0.154. The van der Waals surface area contributed by atoms with Gasteiger partial charge in [-0.1, -0.05) is 28.1 Å². The van der Waals surface area contributed by atoms with Crippen molar-refractivity contribution in [2.24, 2.45) is 11.5 Å². The molecule has 0 aliphatic rings. The van der Waals surface area contributed by atoms with Crippen LogP contribution < -0.4 is 16.8 Å². The molecule has 2 amide bonds. The van der Waals surface area contributed by atoms with Gasteiger partial charge in [-0.15, -0.1) is 0 Å². The van der Waals surface area contributed by atoms with Crippen LogP contribution in [0.4, 0.5) is 0 Å². The van der Waals surface area contributed by atoms with Crippen molar-refractivity contribution in [2.75, 3.05) is 0 Å². The Balaban J connectivity index is 2.59. The second-order valence-corrected chi connectivity index (χ2v) is 4.97. The van der Waals surface area contributed by atoms with Gasteiger partial charge in [0.25, 0.3) is 0 Å². The average molecular weight is 314 g/mol. The monoisotopic (exact) mass is 313 g/mol. The molecule has 5 N–H and O–H groups in total. The number of hydrogen-bond donors (Lipinski definition) is 3. The molecular formula is C12H16BrN3O2. The molecule has 5 nitrogen and oxygen atoms in total. The van der Waals surface area contributed by atoms with Gasteiger partial charge in [0.2, 0.25) is 11.8 Å². The Labute approximate surface area is 114 Å². The van der Waals surface area contributed by atoms with Crippen LogP contribution in [0.15, 0.2) is 28.7 Å². The fourth-order valence-electron chi connectivity index (χ4n) is 1.46. The number of primary amides is 1. The van der Waals surface area contributed by atoms with Gasteiger partial charge in [-0.2, -0.15) is 0 Å². The number of carbonyl (C=O) groups is 2. The van der Waals surface area contributed by atoms with Gasteiger partial charge in [-0.05, 0) is 24.6 Å². The molecule has 2 atom stereocenters. The van der Waals surface area contributed by atoms with E-state index in [-0.39, 0.29) is 18.4 Å². The normalized spacial score (nSPS) is 13.7. The fourth-order valence-corrected chi connectivity index (χ4v) is 1.73. The minimum absolute atomic E-state index is 0.154. The molecule has 1 aromatic rings. The van der Waals surface area contributed by atoms with Crippen molar-refractivity contribution >= 4 is 27.7 Å². The lowest BCUT2D eigenvalue weighted by Gasteiger charge is -2.17. The first kappa shape index (κ1) is 14.7. The zero-order valence-electron chi connectivity index (χ0n) is 10.0. The van der Waals surface area contributed by atoms with Crippen molar-refractivity contribution in [1.29, 1.82) is 0 Å².